The van der Waals surface area contributed by atoms with Crippen LogP contribution in [0.25, 0.3) is 66.9 Å². The number of pyridine rings is 1. The molecule has 4 aromatic carbocycles. The Labute approximate surface area is 205 Å². The van der Waals surface area contributed by atoms with E-state index >= 15 is 0 Å². The lowest BCUT2D eigenvalue weighted by atomic mass is 10.1. The Hall–Kier alpha value is -5.10. The predicted octanol–water partition coefficient (Wildman–Crippen LogP) is 6.54. The Balaban J connectivity index is 1.52. The highest BCUT2D eigenvalue weighted by atomic mass is 15.2. The van der Waals surface area contributed by atoms with Gasteiger partial charge in [-0.15, -0.1) is 0 Å². The fourth-order valence-corrected chi connectivity index (χ4v) is 5.29. The number of hydrogen-bond acceptors (Lipinski definition) is 4. The van der Waals surface area contributed by atoms with E-state index in [9.17, 15) is 0 Å². The molecule has 36 heavy (non-hydrogen) atoms. The standard InChI is InChI=1S/C30H18N6/c1-3-9-19(10-4-1)28-32-29(20-11-5-2-6-12-20)34-30(33-28)35-23-14-7-13-21-22-17-18-31-36(22)25-16-8-15-24(35)27(25)26(21)23/h1-18H. The quantitative estimate of drug-likeness (QED) is 0.280. The van der Waals surface area contributed by atoms with Crippen LogP contribution >= 0.6 is 0 Å². The van der Waals surface area contributed by atoms with Gasteiger partial charge in [0.1, 0.15) is 0 Å². The summed E-state index contributed by atoms with van der Waals surface area (Å²) >= 11 is 0. The molecule has 0 fully saturated rings. The fraction of sp³-hybridized carbons (Fsp3) is 0. The van der Waals surface area contributed by atoms with Crippen molar-refractivity contribution in [1.82, 2.24) is 29.1 Å². The molecule has 0 aliphatic heterocycles. The van der Waals surface area contributed by atoms with Crippen LogP contribution in [0.4, 0.5) is 0 Å². The number of nitrogens with zero attached hydrogens (tertiary/aromatic N) is 6. The van der Waals surface area contributed by atoms with E-state index in [0.29, 0.717) is 17.6 Å². The first-order valence-electron chi connectivity index (χ1n) is 11.8. The van der Waals surface area contributed by atoms with Crippen LogP contribution < -0.4 is 0 Å². The molecule has 0 saturated heterocycles. The van der Waals surface area contributed by atoms with Gasteiger partial charge in [-0.2, -0.15) is 15.1 Å². The monoisotopic (exact) mass is 462 g/mol. The molecule has 168 valence electrons. The average molecular weight is 463 g/mol. The van der Waals surface area contributed by atoms with Crippen molar-refractivity contribution < 1.29 is 0 Å². The van der Waals surface area contributed by atoms with Gasteiger partial charge in [-0.25, -0.2) is 9.50 Å². The van der Waals surface area contributed by atoms with Crippen LogP contribution in [0.3, 0.4) is 0 Å². The first kappa shape index (κ1) is 19.2. The molecule has 0 atom stereocenters. The van der Waals surface area contributed by atoms with Gasteiger partial charge in [0.25, 0.3) is 0 Å². The minimum atomic E-state index is 0.594. The maximum atomic E-state index is 5.01. The SMILES string of the molecule is c1ccc(-c2nc(-c3ccccc3)nc(-n3c4cccc5c4c4c3cccc4n3nccc53)n2)cc1. The van der Waals surface area contributed by atoms with Crippen LogP contribution in [-0.4, -0.2) is 29.1 Å². The van der Waals surface area contributed by atoms with Gasteiger partial charge in [-0.05, 0) is 24.3 Å². The predicted molar refractivity (Wildman–Crippen MR) is 142 cm³/mol. The first-order chi connectivity index (χ1) is 17.9. The zero-order chi connectivity index (χ0) is 23.6. The highest BCUT2D eigenvalue weighted by molar-refractivity contribution is 6.26. The van der Waals surface area contributed by atoms with Crippen molar-refractivity contribution in [2.45, 2.75) is 0 Å². The van der Waals surface area contributed by atoms with Gasteiger partial charge < -0.3 is 0 Å². The van der Waals surface area contributed by atoms with E-state index in [1.165, 1.54) is 5.39 Å². The molecule has 0 amide bonds. The number of aromatic nitrogens is 6. The molecule has 4 aromatic heterocycles. The van der Waals surface area contributed by atoms with Crippen molar-refractivity contribution >= 4 is 38.2 Å². The van der Waals surface area contributed by atoms with Gasteiger partial charge in [0.15, 0.2) is 11.6 Å². The molecular weight excluding hydrogens is 444 g/mol. The summed E-state index contributed by atoms with van der Waals surface area (Å²) in [4.78, 5) is 14.9. The molecule has 0 unspecified atom stereocenters. The van der Waals surface area contributed by atoms with Crippen LogP contribution in [0.2, 0.25) is 0 Å². The summed E-state index contributed by atoms with van der Waals surface area (Å²) in [6.45, 7) is 0. The molecule has 4 heterocycles. The molecule has 0 spiro atoms. The van der Waals surface area contributed by atoms with E-state index in [-0.39, 0.29) is 0 Å². The third kappa shape index (κ3) is 2.61. The molecule has 0 radical (unpaired) electrons. The summed E-state index contributed by atoms with van der Waals surface area (Å²) in [5, 5.41) is 8.13. The summed E-state index contributed by atoms with van der Waals surface area (Å²) < 4.78 is 4.18. The molecule has 0 aliphatic rings. The largest absolute Gasteiger partial charge is 0.278 e. The van der Waals surface area contributed by atoms with Gasteiger partial charge in [0.2, 0.25) is 5.95 Å². The van der Waals surface area contributed by atoms with Crippen molar-refractivity contribution in [1.29, 1.82) is 0 Å². The Kier molecular flexibility index (Phi) is 3.85. The van der Waals surface area contributed by atoms with Gasteiger partial charge in [-0.3, -0.25) is 4.57 Å². The lowest BCUT2D eigenvalue weighted by Crippen LogP contribution is -2.06. The minimum Gasteiger partial charge on any atom is -0.278 e. The van der Waals surface area contributed by atoms with Crippen molar-refractivity contribution in [3.63, 3.8) is 0 Å². The van der Waals surface area contributed by atoms with Gasteiger partial charge >= 0.3 is 0 Å². The lowest BCUT2D eigenvalue weighted by molar-refractivity contribution is 0.953. The van der Waals surface area contributed by atoms with E-state index in [1.807, 2.05) is 71.4 Å². The van der Waals surface area contributed by atoms with Crippen molar-refractivity contribution in [2.75, 3.05) is 0 Å². The highest BCUT2D eigenvalue weighted by Crippen LogP contribution is 2.40. The van der Waals surface area contributed by atoms with Crippen LogP contribution in [0.5, 0.6) is 0 Å². The Bertz CT molecular complexity index is 1900. The molecule has 0 aliphatic carbocycles. The smallest absolute Gasteiger partial charge is 0.238 e. The van der Waals surface area contributed by atoms with Gasteiger partial charge in [0.05, 0.1) is 28.3 Å². The minimum absolute atomic E-state index is 0.594. The third-order valence-corrected chi connectivity index (χ3v) is 6.83. The second-order valence-corrected chi connectivity index (χ2v) is 8.85. The Morgan fingerprint density at radius 2 is 1.08 bits per heavy atom. The second kappa shape index (κ2) is 7.20. The summed E-state index contributed by atoms with van der Waals surface area (Å²) in [6, 6.07) is 34.9. The van der Waals surface area contributed by atoms with Crippen molar-refractivity contribution in [3.8, 4) is 28.7 Å². The molecule has 0 saturated carbocycles. The van der Waals surface area contributed by atoms with E-state index in [0.717, 1.165) is 44.0 Å². The molecule has 0 bridgehead atoms. The number of fused-ring (bicyclic) bond motifs is 3. The lowest BCUT2D eigenvalue weighted by Gasteiger charge is -2.10. The molecular formula is C30H18N6. The maximum absolute atomic E-state index is 5.01. The molecule has 8 aromatic rings. The zero-order valence-corrected chi connectivity index (χ0v) is 19.1. The molecule has 6 heteroatoms. The number of rotatable bonds is 3. The van der Waals surface area contributed by atoms with E-state index in [1.54, 1.807) is 0 Å². The Morgan fingerprint density at radius 1 is 0.472 bits per heavy atom. The van der Waals surface area contributed by atoms with Crippen molar-refractivity contribution in [3.05, 3.63) is 109 Å². The van der Waals surface area contributed by atoms with E-state index in [2.05, 4.69) is 52.1 Å². The molecule has 8 rings (SSSR count). The van der Waals surface area contributed by atoms with Crippen LogP contribution in [0.1, 0.15) is 0 Å². The van der Waals surface area contributed by atoms with Gasteiger partial charge in [0, 0.05) is 27.3 Å². The van der Waals surface area contributed by atoms with E-state index < -0.39 is 0 Å². The number of hydrogen-bond donors (Lipinski definition) is 0. The number of benzene rings is 4. The van der Waals surface area contributed by atoms with Gasteiger partial charge in [-0.1, -0.05) is 78.9 Å². The topological polar surface area (TPSA) is 60.9 Å². The van der Waals surface area contributed by atoms with E-state index in [4.69, 9.17) is 15.0 Å². The normalized spacial score (nSPS) is 11.9. The first-order valence-corrected chi connectivity index (χ1v) is 11.8. The zero-order valence-electron chi connectivity index (χ0n) is 19.1. The fourth-order valence-electron chi connectivity index (χ4n) is 5.29. The summed E-state index contributed by atoms with van der Waals surface area (Å²) in [7, 11) is 0. The van der Waals surface area contributed by atoms with Crippen LogP contribution in [-0.2, 0) is 0 Å². The summed E-state index contributed by atoms with van der Waals surface area (Å²) in [5.41, 5.74) is 6.15. The average Bonchev–Trinajstić information content (AvgIpc) is 3.58. The highest BCUT2D eigenvalue weighted by Gasteiger charge is 2.22. The molecule has 6 nitrogen and oxygen atoms in total. The van der Waals surface area contributed by atoms with Crippen LogP contribution in [0.15, 0.2) is 109 Å². The maximum Gasteiger partial charge on any atom is 0.238 e. The molecule has 0 N–H and O–H groups in total. The van der Waals surface area contributed by atoms with Crippen LogP contribution in [0, 0.1) is 0 Å². The third-order valence-electron chi connectivity index (χ3n) is 6.83. The Morgan fingerprint density at radius 3 is 1.78 bits per heavy atom. The second-order valence-electron chi connectivity index (χ2n) is 8.85. The van der Waals surface area contributed by atoms with Crippen molar-refractivity contribution in [2.24, 2.45) is 0 Å². The summed E-state index contributed by atoms with van der Waals surface area (Å²) in [6.07, 6.45) is 1.86. The summed E-state index contributed by atoms with van der Waals surface area (Å²) in [5.74, 6) is 1.88.